The summed E-state index contributed by atoms with van der Waals surface area (Å²) in [7, 11) is 0. The molecule has 1 unspecified atom stereocenters. The third kappa shape index (κ3) is 3.24. The van der Waals surface area contributed by atoms with Crippen molar-refractivity contribution in [2.75, 3.05) is 6.54 Å². The van der Waals surface area contributed by atoms with Crippen LogP contribution in [0.3, 0.4) is 0 Å². The number of carbonyl (C=O) groups excluding carboxylic acids is 1. The van der Waals surface area contributed by atoms with Crippen LogP contribution in [0.5, 0.6) is 0 Å². The van der Waals surface area contributed by atoms with Gasteiger partial charge in [-0.25, -0.2) is 0 Å². The molecule has 0 radical (unpaired) electrons. The van der Waals surface area contributed by atoms with Gasteiger partial charge in [-0.1, -0.05) is 6.92 Å². The zero-order valence-electron chi connectivity index (χ0n) is 14.4. The van der Waals surface area contributed by atoms with Gasteiger partial charge in [-0.3, -0.25) is 4.79 Å². The van der Waals surface area contributed by atoms with Crippen molar-refractivity contribution in [3.63, 3.8) is 0 Å². The minimum atomic E-state index is -0.223. The highest BCUT2D eigenvalue weighted by atomic mass is 16.1. The third-order valence-corrected chi connectivity index (χ3v) is 6.36. The van der Waals surface area contributed by atoms with Crippen LogP contribution in [0.4, 0.5) is 0 Å². The van der Waals surface area contributed by atoms with Gasteiger partial charge in [0.25, 0.3) is 5.91 Å². The Hall–Kier alpha value is -1.50. The number of nitrogens with zero attached hydrogens (tertiary/aromatic N) is 1. The van der Waals surface area contributed by atoms with Crippen LogP contribution in [0.25, 0.3) is 0 Å². The highest BCUT2D eigenvalue weighted by molar-refractivity contribution is 5.97. The number of hydrogen-bond acceptors (Lipinski definition) is 3. The second-order valence-electron chi connectivity index (χ2n) is 8.10. The van der Waals surface area contributed by atoms with Gasteiger partial charge in [-0.2, -0.15) is 5.26 Å². The first kappa shape index (κ1) is 16.4. The summed E-state index contributed by atoms with van der Waals surface area (Å²) in [5, 5.41) is 15.4. The lowest BCUT2D eigenvalue weighted by atomic mass is 9.48. The maximum atomic E-state index is 12.4. The summed E-state index contributed by atoms with van der Waals surface area (Å²) in [6.07, 6.45) is 10.5. The lowest BCUT2D eigenvalue weighted by Gasteiger charge is -2.59. The summed E-state index contributed by atoms with van der Waals surface area (Å²) >= 11 is 0. The van der Waals surface area contributed by atoms with E-state index in [9.17, 15) is 10.1 Å². The second kappa shape index (κ2) is 6.55. The minimum absolute atomic E-state index is 0.159. The van der Waals surface area contributed by atoms with Crippen molar-refractivity contribution >= 4 is 5.91 Å². The SMILES string of the molecule is CCCN/C=C(/C#N)C(=O)NC(C)C12CC3CC(CC(C3)C1)C2. The van der Waals surface area contributed by atoms with Gasteiger partial charge in [-0.15, -0.1) is 0 Å². The average molecular weight is 315 g/mol. The molecule has 0 aromatic heterocycles. The number of nitrogens with one attached hydrogen (secondary N) is 2. The van der Waals surface area contributed by atoms with Crippen molar-refractivity contribution in [1.29, 1.82) is 5.26 Å². The fraction of sp³-hybridized carbons (Fsp3) is 0.789. The minimum Gasteiger partial charge on any atom is -0.390 e. The van der Waals surface area contributed by atoms with E-state index in [2.05, 4.69) is 24.5 Å². The number of hydrogen-bond donors (Lipinski definition) is 2. The molecule has 0 aromatic rings. The zero-order chi connectivity index (χ0) is 16.4. The Morgan fingerprint density at radius 1 is 1.26 bits per heavy atom. The van der Waals surface area contributed by atoms with Crippen molar-refractivity contribution < 1.29 is 4.79 Å². The first-order chi connectivity index (χ1) is 11.1. The Labute approximate surface area is 139 Å². The Bertz CT molecular complexity index is 496. The van der Waals surface area contributed by atoms with Gasteiger partial charge in [0, 0.05) is 18.8 Å². The van der Waals surface area contributed by atoms with E-state index in [0.29, 0.717) is 0 Å². The molecular formula is C19H29N3O. The lowest BCUT2D eigenvalue weighted by molar-refractivity contribution is -0.122. The summed E-state index contributed by atoms with van der Waals surface area (Å²) in [5.74, 6) is 2.40. The van der Waals surface area contributed by atoms with Crippen LogP contribution in [0.1, 0.15) is 58.8 Å². The molecule has 4 saturated carbocycles. The Balaban J connectivity index is 1.64. The Morgan fingerprint density at radius 2 is 1.83 bits per heavy atom. The fourth-order valence-corrected chi connectivity index (χ4v) is 5.60. The van der Waals surface area contributed by atoms with Crippen molar-refractivity contribution in [1.82, 2.24) is 10.6 Å². The van der Waals surface area contributed by atoms with Crippen molar-refractivity contribution in [3.8, 4) is 6.07 Å². The molecule has 126 valence electrons. The molecule has 4 heteroatoms. The molecule has 0 aliphatic heterocycles. The average Bonchev–Trinajstić information content (AvgIpc) is 2.50. The molecule has 0 aromatic carbocycles. The topological polar surface area (TPSA) is 64.9 Å². The first-order valence-corrected chi connectivity index (χ1v) is 9.21. The van der Waals surface area contributed by atoms with Crippen LogP contribution in [0.2, 0.25) is 0 Å². The highest BCUT2D eigenvalue weighted by Gasteiger charge is 2.53. The molecule has 0 heterocycles. The Morgan fingerprint density at radius 3 is 2.30 bits per heavy atom. The number of carbonyl (C=O) groups is 1. The maximum absolute atomic E-state index is 12.4. The molecule has 1 amide bonds. The van der Waals surface area contributed by atoms with E-state index in [1.165, 1.54) is 38.5 Å². The van der Waals surface area contributed by atoms with E-state index < -0.39 is 0 Å². The van der Waals surface area contributed by atoms with Gasteiger partial charge in [0.05, 0.1) is 0 Å². The summed E-state index contributed by atoms with van der Waals surface area (Å²) in [6, 6.07) is 2.19. The number of nitriles is 1. The van der Waals surface area contributed by atoms with Crippen molar-refractivity contribution in [2.45, 2.75) is 64.8 Å². The quantitative estimate of drug-likeness (QED) is 0.450. The standard InChI is InChI=1S/C19H29N3O/c1-3-4-21-12-17(11-20)18(23)22-13(2)19-8-14-5-15(9-19)7-16(6-14)10-19/h12-16,21H,3-10H2,1-2H3,(H,22,23)/b17-12-. The molecule has 0 saturated heterocycles. The highest BCUT2D eigenvalue weighted by Crippen LogP contribution is 2.61. The largest absolute Gasteiger partial charge is 0.390 e. The van der Waals surface area contributed by atoms with Crippen LogP contribution >= 0.6 is 0 Å². The predicted molar refractivity (Wildman–Crippen MR) is 90.2 cm³/mol. The van der Waals surface area contributed by atoms with Gasteiger partial charge in [0.1, 0.15) is 11.6 Å². The van der Waals surface area contributed by atoms with Gasteiger partial charge in [0.15, 0.2) is 0 Å². The molecule has 2 N–H and O–H groups in total. The van der Waals surface area contributed by atoms with Gasteiger partial charge in [0.2, 0.25) is 0 Å². The van der Waals surface area contributed by atoms with Gasteiger partial charge < -0.3 is 10.6 Å². The summed E-state index contributed by atoms with van der Waals surface area (Å²) in [4.78, 5) is 12.4. The number of rotatable bonds is 6. The summed E-state index contributed by atoms with van der Waals surface area (Å²) < 4.78 is 0. The van der Waals surface area contributed by atoms with Crippen LogP contribution in [-0.4, -0.2) is 18.5 Å². The van der Waals surface area contributed by atoms with E-state index in [1.807, 2.05) is 6.07 Å². The maximum Gasteiger partial charge on any atom is 0.263 e. The smallest absolute Gasteiger partial charge is 0.263 e. The van der Waals surface area contributed by atoms with Crippen molar-refractivity contribution in [2.24, 2.45) is 23.2 Å². The van der Waals surface area contributed by atoms with Crippen molar-refractivity contribution in [3.05, 3.63) is 11.8 Å². The molecule has 4 rings (SSSR count). The van der Waals surface area contributed by atoms with Crippen LogP contribution in [0.15, 0.2) is 11.8 Å². The molecule has 4 bridgehead atoms. The molecule has 4 fully saturated rings. The lowest BCUT2D eigenvalue weighted by Crippen LogP contribution is -2.56. The first-order valence-electron chi connectivity index (χ1n) is 9.21. The van der Waals surface area contributed by atoms with Gasteiger partial charge in [-0.05, 0) is 75.0 Å². The van der Waals surface area contributed by atoms with E-state index >= 15 is 0 Å². The van der Waals surface area contributed by atoms with Gasteiger partial charge >= 0.3 is 0 Å². The van der Waals surface area contributed by atoms with Crippen LogP contribution in [0, 0.1) is 34.5 Å². The molecule has 4 aliphatic carbocycles. The molecule has 4 nitrogen and oxygen atoms in total. The van der Waals surface area contributed by atoms with E-state index in [-0.39, 0.29) is 22.9 Å². The second-order valence-corrected chi connectivity index (χ2v) is 8.10. The summed E-state index contributed by atoms with van der Waals surface area (Å²) in [5.41, 5.74) is 0.469. The number of amides is 1. The molecule has 23 heavy (non-hydrogen) atoms. The van der Waals surface area contributed by atoms with Crippen LogP contribution in [-0.2, 0) is 4.79 Å². The molecular weight excluding hydrogens is 286 g/mol. The fourth-order valence-electron chi connectivity index (χ4n) is 5.60. The monoisotopic (exact) mass is 315 g/mol. The zero-order valence-corrected chi connectivity index (χ0v) is 14.4. The normalized spacial score (nSPS) is 36.4. The van der Waals surface area contributed by atoms with E-state index in [1.54, 1.807) is 6.20 Å². The van der Waals surface area contributed by atoms with E-state index in [0.717, 1.165) is 30.7 Å². The molecule has 0 spiro atoms. The predicted octanol–water partition coefficient (Wildman–Crippen LogP) is 3.11. The summed E-state index contributed by atoms with van der Waals surface area (Å²) in [6.45, 7) is 4.99. The Kier molecular flexibility index (Phi) is 4.66. The molecule has 1 atom stereocenters. The van der Waals surface area contributed by atoms with E-state index in [4.69, 9.17) is 0 Å². The van der Waals surface area contributed by atoms with Crippen LogP contribution < -0.4 is 10.6 Å². The molecule has 4 aliphatic rings. The third-order valence-electron chi connectivity index (χ3n) is 6.36.